The zero-order valence-electron chi connectivity index (χ0n) is 16.2. The van der Waals surface area contributed by atoms with Gasteiger partial charge in [0.2, 0.25) is 15.9 Å². The Morgan fingerprint density at radius 2 is 1.86 bits per heavy atom. The molecule has 1 aromatic heterocycles. The molecule has 8 nitrogen and oxygen atoms in total. The van der Waals surface area contributed by atoms with Crippen LogP contribution in [-0.2, 0) is 14.8 Å². The summed E-state index contributed by atoms with van der Waals surface area (Å²) in [7, 11) is -3.85. The second-order valence-corrected chi connectivity index (χ2v) is 9.34. The third kappa shape index (κ3) is 4.84. The molecule has 1 unspecified atom stereocenters. The van der Waals surface area contributed by atoms with Crippen molar-refractivity contribution >= 4 is 33.4 Å². The first-order chi connectivity index (χ1) is 13.7. The Balaban J connectivity index is 1.79. The Morgan fingerprint density at radius 3 is 2.55 bits per heavy atom. The average molecular weight is 432 g/mol. The van der Waals surface area contributed by atoms with E-state index in [0.717, 1.165) is 17.1 Å². The first-order valence-corrected chi connectivity index (χ1v) is 11.2. The van der Waals surface area contributed by atoms with Crippen LogP contribution in [0.15, 0.2) is 58.6 Å². The summed E-state index contributed by atoms with van der Waals surface area (Å²) >= 11 is 1.27. The maximum absolute atomic E-state index is 12.6. The van der Waals surface area contributed by atoms with Gasteiger partial charge in [0.25, 0.3) is 0 Å². The SMILES string of the molecule is Cc1ccccc1-n1c(C)nnc1SC(C)C(=O)Nc1cccc(S(N)(=O)=O)c1. The van der Waals surface area contributed by atoms with Crippen LogP contribution in [0.3, 0.4) is 0 Å². The van der Waals surface area contributed by atoms with E-state index in [1.54, 1.807) is 13.0 Å². The molecular weight excluding hydrogens is 410 g/mol. The van der Waals surface area contributed by atoms with Gasteiger partial charge in [0.15, 0.2) is 5.16 Å². The van der Waals surface area contributed by atoms with E-state index in [1.165, 1.54) is 30.0 Å². The number of sulfonamides is 1. The minimum Gasteiger partial charge on any atom is -0.325 e. The number of rotatable bonds is 6. The second-order valence-electron chi connectivity index (χ2n) is 6.47. The summed E-state index contributed by atoms with van der Waals surface area (Å²) in [5, 5.41) is 16.3. The molecule has 1 heterocycles. The molecule has 0 fully saturated rings. The Bertz CT molecular complexity index is 1160. The van der Waals surface area contributed by atoms with Crippen molar-refractivity contribution in [3.63, 3.8) is 0 Å². The Labute approximate surface area is 173 Å². The number of para-hydroxylation sites is 1. The van der Waals surface area contributed by atoms with Gasteiger partial charge in [-0.2, -0.15) is 0 Å². The Hall–Kier alpha value is -2.69. The van der Waals surface area contributed by atoms with Gasteiger partial charge in [-0.1, -0.05) is 36.0 Å². The van der Waals surface area contributed by atoms with Crippen molar-refractivity contribution in [3.8, 4) is 5.69 Å². The van der Waals surface area contributed by atoms with Gasteiger partial charge in [0, 0.05) is 5.69 Å². The number of carbonyl (C=O) groups is 1. The van der Waals surface area contributed by atoms with Crippen LogP contribution in [0.4, 0.5) is 5.69 Å². The summed E-state index contributed by atoms with van der Waals surface area (Å²) in [5.74, 6) is 0.425. The van der Waals surface area contributed by atoms with Crippen molar-refractivity contribution in [3.05, 3.63) is 59.9 Å². The smallest absolute Gasteiger partial charge is 0.238 e. The highest BCUT2D eigenvalue weighted by atomic mass is 32.2. The molecule has 3 rings (SSSR count). The topological polar surface area (TPSA) is 120 Å². The van der Waals surface area contributed by atoms with Gasteiger partial charge < -0.3 is 5.32 Å². The molecule has 3 N–H and O–H groups in total. The maximum Gasteiger partial charge on any atom is 0.238 e. The molecule has 29 heavy (non-hydrogen) atoms. The van der Waals surface area contributed by atoms with E-state index in [9.17, 15) is 13.2 Å². The first kappa shape index (κ1) is 21.0. The highest BCUT2D eigenvalue weighted by Gasteiger charge is 2.21. The lowest BCUT2D eigenvalue weighted by atomic mass is 10.2. The molecule has 0 aliphatic rings. The van der Waals surface area contributed by atoms with Crippen LogP contribution in [0.1, 0.15) is 18.3 Å². The molecule has 1 amide bonds. The number of nitrogens with two attached hydrogens (primary N) is 1. The number of aromatic nitrogens is 3. The lowest BCUT2D eigenvalue weighted by Gasteiger charge is -2.14. The predicted molar refractivity (Wildman–Crippen MR) is 113 cm³/mol. The fourth-order valence-electron chi connectivity index (χ4n) is 2.72. The number of thioether (sulfide) groups is 1. The van der Waals surface area contributed by atoms with E-state index in [1.807, 2.05) is 42.7 Å². The van der Waals surface area contributed by atoms with Crippen LogP contribution in [0, 0.1) is 13.8 Å². The summed E-state index contributed by atoms with van der Waals surface area (Å²) in [6.07, 6.45) is 0. The number of nitrogens with zero attached hydrogens (tertiary/aromatic N) is 3. The summed E-state index contributed by atoms with van der Waals surface area (Å²) in [6, 6.07) is 13.7. The van der Waals surface area contributed by atoms with E-state index >= 15 is 0 Å². The second kappa shape index (κ2) is 8.36. The van der Waals surface area contributed by atoms with E-state index in [4.69, 9.17) is 5.14 Å². The van der Waals surface area contributed by atoms with Crippen LogP contribution in [0.5, 0.6) is 0 Å². The molecule has 10 heteroatoms. The van der Waals surface area contributed by atoms with Crippen LogP contribution in [0.25, 0.3) is 5.69 Å². The standard InChI is InChI=1S/C19H21N5O3S2/c1-12-7-4-5-10-17(12)24-14(3)22-23-19(24)28-13(2)18(25)21-15-8-6-9-16(11-15)29(20,26)27/h4-11,13H,1-3H3,(H,21,25)(H2,20,26,27). The summed E-state index contributed by atoms with van der Waals surface area (Å²) in [6.45, 7) is 5.60. The van der Waals surface area contributed by atoms with Crippen LogP contribution in [-0.4, -0.2) is 34.3 Å². The van der Waals surface area contributed by atoms with Crippen molar-refractivity contribution in [1.82, 2.24) is 14.8 Å². The number of anilines is 1. The highest BCUT2D eigenvalue weighted by Crippen LogP contribution is 2.27. The van der Waals surface area contributed by atoms with Crippen molar-refractivity contribution in [2.75, 3.05) is 5.32 Å². The monoisotopic (exact) mass is 431 g/mol. The number of aryl methyl sites for hydroxylation is 2. The molecule has 0 saturated carbocycles. The molecule has 0 bridgehead atoms. The number of primary sulfonamides is 1. The molecule has 152 valence electrons. The van der Waals surface area contributed by atoms with Crippen molar-refractivity contribution < 1.29 is 13.2 Å². The summed E-state index contributed by atoms with van der Waals surface area (Å²) in [4.78, 5) is 12.6. The van der Waals surface area contributed by atoms with Gasteiger partial charge in [0.05, 0.1) is 15.8 Å². The van der Waals surface area contributed by atoms with Gasteiger partial charge in [-0.3, -0.25) is 9.36 Å². The molecule has 2 aromatic carbocycles. The summed E-state index contributed by atoms with van der Waals surface area (Å²) in [5.41, 5.74) is 2.37. The van der Waals surface area contributed by atoms with E-state index in [0.29, 0.717) is 10.8 Å². The number of carbonyl (C=O) groups excluding carboxylic acids is 1. The van der Waals surface area contributed by atoms with Crippen LogP contribution in [0.2, 0.25) is 0 Å². The number of hydrogen-bond acceptors (Lipinski definition) is 6. The van der Waals surface area contributed by atoms with E-state index in [2.05, 4.69) is 15.5 Å². The molecule has 0 saturated heterocycles. The minimum atomic E-state index is -3.85. The Kier molecular flexibility index (Phi) is 6.06. The molecule has 0 aliphatic carbocycles. The minimum absolute atomic E-state index is 0.0643. The lowest BCUT2D eigenvalue weighted by molar-refractivity contribution is -0.115. The normalized spacial score (nSPS) is 12.6. The van der Waals surface area contributed by atoms with Crippen molar-refractivity contribution in [2.24, 2.45) is 5.14 Å². The molecule has 0 radical (unpaired) electrons. The molecule has 0 spiro atoms. The lowest BCUT2D eigenvalue weighted by Crippen LogP contribution is -2.23. The molecule has 1 atom stereocenters. The first-order valence-electron chi connectivity index (χ1n) is 8.75. The van der Waals surface area contributed by atoms with Gasteiger partial charge >= 0.3 is 0 Å². The van der Waals surface area contributed by atoms with Crippen LogP contribution >= 0.6 is 11.8 Å². The quantitative estimate of drug-likeness (QED) is 0.579. The van der Waals surface area contributed by atoms with Crippen LogP contribution < -0.4 is 10.5 Å². The number of amides is 1. The fraction of sp³-hybridized carbons (Fsp3) is 0.211. The highest BCUT2D eigenvalue weighted by molar-refractivity contribution is 8.00. The van der Waals surface area contributed by atoms with Gasteiger partial charge in [-0.05, 0) is 50.6 Å². The van der Waals surface area contributed by atoms with E-state index in [-0.39, 0.29) is 10.8 Å². The maximum atomic E-state index is 12.6. The zero-order chi connectivity index (χ0) is 21.2. The fourth-order valence-corrected chi connectivity index (χ4v) is 4.18. The van der Waals surface area contributed by atoms with Gasteiger partial charge in [0.1, 0.15) is 5.82 Å². The zero-order valence-corrected chi connectivity index (χ0v) is 17.8. The number of nitrogens with one attached hydrogen (secondary N) is 1. The summed E-state index contributed by atoms with van der Waals surface area (Å²) < 4.78 is 24.9. The van der Waals surface area contributed by atoms with Gasteiger partial charge in [-0.25, -0.2) is 13.6 Å². The molecular formula is C19H21N5O3S2. The van der Waals surface area contributed by atoms with Crippen molar-refractivity contribution in [1.29, 1.82) is 0 Å². The third-order valence-electron chi connectivity index (χ3n) is 4.23. The predicted octanol–water partition coefficient (Wildman–Crippen LogP) is 2.65. The van der Waals surface area contributed by atoms with Gasteiger partial charge in [-0.15, -0.1) is 10.2 Å². The largest absolute Gasteiger partial charge is 0.325 e. The molecule has 0 aliphatic heterocycles. The van der Waals surface area contributed by atoms with E-state index < -0.39 is 15.3 Å². The Morgan fingerprint density at radius 1 is 1.14 bits per heavy atom. The average Bonchev–Trinajstić information content (AvgIpc) is 3.01. The third-order valence-corrected chi connectivity index (χ3v) is 6.19. The number of benzene rings is 2. The number of hydrogen-bond donors (Lipinski definition) is 2. The molecule has 3 aromatic rings. The van der Waals surface area contributed by atoms with Crippen molar-refractivity contribution in [2.45, 2.75) is 36.1 Å².